The third-order valence-corrected chi connectivity index (χ3v) is 3.83. The molecule has 3 amide bonds. The van der Waals surface area contributed by atoms with Gasteiger partial charge in [-0.05, 0) is 24.1 Å². The second kappa shape index (κ2) is 9.96. The lowest BCUT2D eigenvalue weighted by Crippen LogP contribution is -2.41. The molecule has 0 fully saturated rings. The maximum Gasteiger partial charge on any atom is 0.321 e. The standard InChI is InChI=1S/C20H22N2O5/c1-21-20(25)22-19(24)18(15-6-4-3-5-7-15)27-17(23)13-10-14-8-11-16(26-2)12-9-14/h3-9,11-12,18H,10,13H2,1-2H3,(H2,21,22,24,25)/t18-/m0/s1. The Balaban J connectivity index is 2.01. The summed E-state index contributed by atoms with van der Waals surface area (Å²) in [5.74, 6) is -0.513. The molecule has 0 bridgehead atoms. The number of ether oxygens (including phenoxy) is 2. The van der Waals surface area contributed by atoms with E-state index < -0.39 is 24.0 Å². The van der Waals surface area contributed by atoms with E-state index in [1.165, 1.54) is 7.05 Å². The summed E-state index contributed by atoms with van der Waals surface area (Å²) >= 11 is 0. The van der Waals surface area contributed by atoms with Gasteiger partial charge >= 0.3 is 12.0 Å². The average Bonchev–Trinajstić information content (AvgIpc) is 2.71. The highest BCUT2D eigenvalue weighted by Gasteiger charge is 2.26. The Labute approximate surface area is 157 Å². The number of nitrogens with one attached hydrogen (secondary N) is 2. The van der Waals surface area contributed by atoms with E-state index in [0.29, 0.717) is 12.0 Å². The molecule has 0 spiro atoms. The van der Waals surface area contributed by atoms with Crippen molar-refractivity contribution in [2.24, 2.45) is 0 Å². The predicted octanol–water partition coefficient (Wildman–Crippen LogP) is 2.37. The number of amides is 3. The number of urea groups is 1. The van der Waals surface area contributed by atoms with Crippen molar-refractivity contribution in [3.63, 3.8) is 0 Å². The van der Waals surface area contributed by atoms with Gasteiger partial charge < -0.3 is 14.8 Å². The van der Waals surface area contributed by atoms with Crippen molar-refractivity contribution < 1.29 is 23.9 Å². The Hall–Kier alpha value is -3.35. The number of hydrogen-bond acceptors (Lipinski definition) is 5. The first-order chi connectivity index (χ1) is 13.0. The SMILES string of the molecule is CNC(=O)NC(=O)[C@@H](OC(=O)CCc1ccc(OC)cc1)c1ccccc1. The third-order valence-electron chi connectivity index (χ3n) is 3.83. The molecule has 27 heavy (non-hydrogen) atoms. The number of hydrogen-bond donors (Lipinski definition) is 2. The van der Waals surface area contributed by atoms with Gasteiger partial charge in [-0.2, -0.15) is 0 Å². The highest BCUT2D eigenvalue weighted by Crippen LogP contribution is 2.19. The van der Waals surface area contributed by atoms with Gasteiger partial charge in [0.25, 0.3) is 5.91 Å². The largest absolute Gasteiger partial charge is 0.497 e. The number of rotatable bonds is 7. The summed E-state index contributed by atoms with van der Waals surface area (Å²) in [6.45, 7) is 0. The van der Waals surface area contributed by atoms with Crippen LogP contribution in [0.4, 0.5) is 4.79 Å². The molecule has 0 heterocycles. The average molecular weight is 370 g/mol. The van der Waals surface area contributed by atoms with E-state index in [1.807, 2.05) is 24.3 Å². The molecule has 0 aliphatic heterocycles. The van der Waals surface area contributed by atoms with Crippen LogP contribution in [0.15, 0.2) is 54.6 Å². The first-order valence-electron chi connectivity index (χ1n) is 8.43. The van der Waals surface area contributed by atoms with Gasteiger partial charge in [0.15, 0.2) is 0 Å². The number of methoxy groups -OCH3 is 1. The van der Waals surface area contributed by atoms with Gasteiger partial charge in [-0.15, -0.1) is 0 Å². The normalized spacial score (nSPS) is 11.2. The molecule has 0 unspecified atom stereocenters. The predicted molar refractivity (Wildman–Crippen MR) is 99.2 cm³/mol. The molecule has 0 saturated heterocycles. The molecule has 0 aliphatic carbocycles. The monoisotopic (exact) mass is 370 g/mol. The molecule has 0 aliphatic rings. The van der Waals surface area contributed by atoms with Crippen molar-refractivity contribution in [2.45, 2.75) is 18.9 Å². The molecule has 0 aromatic heterocycles. The van der Waals surface area contributed by atoms with Gasteiger partial charge in [0.1, 0.15) is 5.75 Å². The van der Waals surface area contributed by atoms with Gasteiger partial charge in [-0.25, -0.2) is 4.79 Å². The maximum atomic E-state index is 12.3. The van der Waals surface area contributed by atoms with E-state index in [2.05, 4.69) is 10.6 Å². The van der Waals surface area contributed by atoms with Gasteiger partial charge in [0, 0.05) is 19.0 Å². The minimum Gasteiger partial charge on any atom is -0.497 e. The molecule has 142 valence electrons. The Bertz CT molecular complexity index is 775. The lowest BCUT2D eigenvalue weighted by molar-refractivity contribution is -0.156. The van der Waals surface area contributed by atoms with Crippen molar-refractivity contribution >= 4 is 17.9 Å². The highest BCUT2D eigenvalue weighted by molar-refractivity contribution is 5.97. The lowest BCUT2D eigenvalue weighted by Gasteiger charge is -2.17. The van der Waals surface area contributed by atoms with Crippen LogP contribution in [-0.4, -0.2) is 32.1 Å². The fraction of sp³-hybridized carbons (Fsp3) is 0.250. The molecule has 2 N–H and O–H groups in total. The number of benzene rings is 2. The van der Waals surface area contributed by atoms with Crippen LogP contribution in [0.25, 0.3) is 0 Å². The number of aryl methyl sites for hydroxylation is 1. The molecule has 7 nitrogen and oxygen atoms in total. The molecular weight excluding hydrogens is 348 g/mol. The summed E-state index contributed by atoms with van der Waals surface area (Å²) < 4.78 is 10.4. The number of imide groups is 1. The van der Waals surface area contributed by atoms with Crippen LogP contribution in [0, 0.1) is 0 Å². The second-order valence-corrected chi connectivity index (χ2v) is 5.70. The molecule has 2 aromatic carbocycles. The van der Waals surface area contributed by atoms with Crippen molar-refractivity contribution in [1.82, 2.24) is 10.6 Å². The topological polar surface area (TPSA) is 93.7 Å². The molecule has 0 saturated carbocycles. The van der Waals surface area contributed by atoms with E-state index in [9.17, 15) is 14.4 Å². The van der Waals surface area contributed by atoms with Crippen LogP contribution in [0.3, 0.4) is 0 Å². The van der Waals surface area contributed by atoms with Crippen LogP contribution in [0.2, 0.25) is 0 Å². The van der Waals surface area contributed by atoms with Crippen molar-refractivity contribution in [3.8, 4) is 5.75 Å². The summed E-state index contributed by atoms with van der Waals surface area (Å²) in [5, 5.41) is 4.43. The van der Waals surface area contributed by atoms with Gasteiger partial charge in [0.05, 0.1) is 7.11 Å². The van der Waals surface area contributed by atoms with Crippen molar-refractivity contribution in [2.75, 3.05) is 14.2 Å². The van der Waals surface area contributed by atoms with E-state index in [-0.39, 0.29) is 6.42 Å². The minimum atomic E-state index is -1.20. The summed E-state index contributed by atoms with van der Waals surface area (Å²) in [4.78, 5) is 36.0. The fourth-order valence-corrected chi connectivity index (χ4v) is 2.37. The molecule has 1 atom stereocenters. The maximum absolute atomic E-state index is 12.3. The Morgan fingerprint density at radius 2 is 1.67 bits per heavy atom. The molecule has 0 radical (unpaired) electrons. The van der Waals surface area contributed by atoms with E-state index in [0.717, 1.165) is 11.3 Å². The lowest BCUT2D eigenvalue weighted by atomic mass is 10.1. The molecule has 2 aromatic rings. The fourth-order valence-electron chi connectivity index (χ4n) is 2.37. The minimum absolute atomic E-state index is 0.100. The van der Waals surface area contributed by atoms with Crippen molar-refractivity contribution in [1.29, 1.82) is 0 Å². The zero-order valence-corrected chi connectivity index (χ0v) is 15.2. The van der Waals surface area contributed by atoms with Crippen LogP contribution in [-0.2, 0) is 20.7 Å². The summed E-state index contributed by atoms with van der Waals surface area (Å²) in [5.41, 5.74) is 1.43. The first kappa shape index (κ1) is 20.0. The Kier molecular flexibility index (Phi) is 7.37. The Morgan fingerprint density at radius 3 is 2.26 bits per heavy atom. The summed E-state index contributed by atoms with van der Waals surface area (Å²) in [7, 11) is 2.97. The first-order valence-corrected chi connectivity index (χ1v) is 8.43. The highest BCUT2D eigenvalue weighted by atomic mass is 16.5. The zero-order valence-electron chi connectivity index (χ0n) is 15.2. The summed E-state index contributed by atoms with van der Waals surface area (Å²) in [6, 6.07) is 15.2. The van der Waals surface area contributed by atoms with Crippen LogP contribution in [0.1, 0.15) is 23.7 Å². The number of carbonyl (C=O) groups is 3. The molecular formula is C20H22N2O5. The van der Waals surface area contributed by atoms with Crippen LogP contribution >= 0.6 is 0 Å². The summed E-state index contributed by atoms with van der Waals surface area (Å²) in [6.07, 6.45) is -0.642. The van der Waals surface area contributed by atoms with Gasteiger partial charge in [-0.3, -0.25) is 14.9 Å². The molecule has 7 heteroatoms. The Morgan fingerprint density at radius 1 is 1.00 bits per heavy atom. The molecule has 2 rings (SSSR count). The van der Waals surface area contributed by atoms with Crippen LogP contribution < -0.4 is 15.4 Å². The zero-order chi connectivity index (χ0) is 19.6. The van der Waals surface area contributed by atoms with Gasteiger partial charge in [-0.1, -0.05) is 42.5 Å². The van der Waals surface area contributed by atoms with Gasteiger partial charge in [0.2, 0.25) is 6.10 Å². The van der Waals surface area contributed by atoms with E-state index >= 15 is 0 Å². The van der Waals surface area contributed by atoms with Crippen molar-refractivity contribution in [3.05, 3.63) is 65.7 Å². The van der Waals surface area contributed by atoms with Crippen LogP contribution in [0.5, 0.6) is 5.75 Å². The van der Waals surface area contributed by atoms with E-state index in [1.54, 1.807) is 37.4 Å². The quantitative estimate of drug-likeness (QED) is 0.730. The van der Waals surface area contributed by atoms with E-state index in [4.69, 9.17) is 9.47 Å². The second-order valence-electron chi connectivity index (χ2n) is 5.70. The third kappa shape index (κ3) is 6.14. The smallest absolute Gasteiger partial charge is 0.321 e. The number of carbonyl (C=O) groups excluding carboxylic acids is 3. The number of esters is 1.